The number of carbonyl (C=O) groups is 3. The fourth-order valence-electron chi connectivity index (χ4n) is 6.30. The monoisotopic (exact) mass is 641 g/mol. The molecule has 47 heavy (non-hydrogen) atoms. The van der Waals surface area contributed by atoms with Crippen molar-refractivity contribution in [1.82, 2.24) is 0 Å². The first-order valence-corrected chi connectivity index (χ1v) is 15.5. The average Bonchev–Trinajstić information content (AvgIpc) is 3.57. The number of phenols is 1. The maximum absolute atomic E-state index is 14.3. The Balaban J connectivity index is 1.53. The van der Waals surface area contributed by atoms with Gasteiger partial charge in [0.05, 0.1) is 18.2 Å². The Morgan fingerprint density at radius 2 is 1.68 bits per heavy atom. The Hall–Kier alpha value is -4.68. The van der Waals surface area contributed by atoms with Crippen molar-refractivity contribution in [3.8, 4) is 17.2 Å². The first-order valence-electron chi connectivity index (χ1n) is 15.5. The van der Waals surface area contributed by atoms with E-state index in [1.54, 1.807) is 6.21 Å². The summed E-state index contributed by atoms with van der Waals surface area (Å²) >= 11 is 0. The van der Waals surface area contributed by atoms with Gasteiger partial charge >= 0.3 is 5.97 Å². The number of aliphatic imine (C=N–C) groups is 1. The van der Waals surface area contributed by atoms with Crippen LogP contribution in [0.1, 0.15) is 68.8 Å². The molecule has 1 aliphatic carbocycles. The highest BCUT2D eigenvalue weighted by atomic mass is 16.7. The van der Waals surface area contributed by atoms with Crippen LogP contribution in [0, 0.1) is 0 Å². The number of carbonyl (C=O) groups excluding carboxylic acids is 3. The molecule has 5 atom stereocenters. The van der Waals surface area contributed by atoms with Gasteiger partial charge in [0.25, 0.3) is 0 Å². The molecule has 0 aromatic heterocycles. The molecular weight excluding hydrogens is 606 g/mol. The minimum atomic E-state index is -1.68. The van der Waals surface area contributed by atoms with Gasteiger partial charge in [-0.05, 0) is 55.5 Å². The molecule has 1 fully saturated rings. The molecule has 244 valence electrons. The summed E-state index contributed by atoms with van der Waals surface area (Å²) in [5, 5.41) is 43.6. The van der Waals surface area contributed by atoms with Crippen LogP contribution in [0.2, 0.25) is 0 Å². The summed E-state index contributed by atoms with van der Waals surface area (Å²) in [4.78, 5) is 44.3. The number of fused-ring (bicyclic) bond motifs is 2. The van der Waals surface area contributed by atoms with E-state index in [-0.39, 0.29) is 57.7 Å². The quantitative estimate of drug-likeness (QED) is 0.157. The van der Waals surface area contributed by atoms with E-state index in [4.69, 9.17) is 14.2 Å². The van der Waals surface area contributed by atoms with Gasteiger partial charge in [-0.1, -0.05) is 36.4 Å². The zero-order valence-corrected chi connectivity index (χ0v) is 25.9. The van der Waals surface area contributed by atoms with Crippen molar-refractivity contribution in [3.05, 3.63) is 99.1 Å². The van der Waals surface area contributed by atoms with Gasteiger partial charge < -0.3 is 34.6 Å². The van der Waals surface area contributed by atoms with E-state index in [0.717, 1.165) is 11.1 Å². The van der Waals surface area contributed by atoms with Crippen molar-refractivity contribution >= 4 is 23.8 Å². The molecule has 3 aromatic carbocycles. The van der Waals surface area contributed by atoms with Crippen molar-refractivity contribution in [3.63, 3.8) is 0 Å². The van der Waals surface area contributed by atoms with Crippen molar-refractivity contribution in [2.45, 2.75) is 70.2 Å². The number of nitrogens with zero attached hydrogens (tertiary/aromatic N) is 1. The third-order valence-corrected chi connectivity index (χ3v) is 8.69. The normalized spacial score (nSPS) is 23.3. The third kappa shape index (κ3) is 6.22. The summed E-state index contributed by atoms with van der Waals surface area (Å²) in [7, 11) is 0. The zero-order valence-electron chi connectivity index (χ0n) is 25.9. The molecule has 0 amide bonds. The zero-order chi connectivity index (χ0) is 33.4. The van der Waals surface area contributed by atoms with Gasteiger partial charge in [0.15, 0.2) is 11.6 Å². The van der Waals surface area contributed by atoms with E-state index in [9.17, 15) is 34.8 Å². The number of hydrogen-bond acceptors (Lipinski definition) is 11. The van der Waals surface area contributed by atoms with Crippen molar-refractivity contribution < 1.29 is 49.0 Å². The van der Waals surface area contributed by atoms with Crippen LogP contribution in [-0.2, 0) is 28.8 Å². The van der Waals surface area contributed by atoms with Gasteiger partial charge in [-0.25, -0.2) is 0 Å². The van der Waals surface area contributed by atoms with Gasteiger partial charge in [-0.3, -0.25) is 19.4 Å². The highest BCUT2D eigenvalue weighted by Gasteiger charge is 2.45. The Morgan fingerprint density at radius 3 is 2.38 bits per heavy atom. The number of allylic oxidation sites excluding steroid dienone is 1. The van der Waals surface area contributed by atoms with Gasteiger partial charge in [0.2, 0.25) is 6.29 Å². The number of phenolic OH excluding ortho intramolecular Hbond substituents is 1. The topological polar surface area (TPSA) is 172 Å². The Kier molecular flexibility index (Phi) is 9.07. The number of aryl methyl sites for hydroxylation is 1. The van der Waals surface area contributed by atoms with Gasteiger partial charge in [-0.2, -0.15) is 0 Å². The van der Waals surface area contributed by atoms with Crippen LogP contribution in [0.15, 0.2) is 65.2 Å². The number of rotatable bonds is 9. The molecule has 0 radical (unpaired) electrons. The molecule has 3 aromatic rings. The standard InChI is InChI=1S/C36H35NO10/c1-18-29(39)33(43)34(44)36(45-18)47-35-24(10-6-9-20-7-4-3-5-8-20)31(41)28-27(26(35)15-21-13-14-37-17-21)32(42)25-16-22(46-19(2)38)11-12-23(25)30(28)40/h3-5,7-8,11-13,16-18,29,33-34,36,39,41,43-44H,6,9-10,14-15H2,1-2H3/t18-,29+,33+,34+,36+/m0/s1. The molecular formula is C36H35NO10. The number of esters is 1. The molecule has 0 spiro atoms. The smallest absolute Gasteiger partial charge is 0.308 e. The summed E-state index contributed by atoms with van der Waals surface area (Å²) in [6, 6.07) is 13.8. The average molecular weight is 642 g/mol. The fraction of sp³-hybridized carbons (Fsp3) is 0.333. The van der Waals surface area contributed by atoms with Crippen LogP contribution in [0.25, 0.3) is 0 Å². The summed E-state index contributed by atoms with van der Waals surface area (Å²) in [5.41, 5.74) is 2.04. The van der Waals surface area contributed by atoms with Crippen LogP contribution in [0.3, 0.4) is 0 Å². The Morgan fingerprint density at radius 1 is 0.936 bits per heavy atom. The van der Waals surface area contributed by atoms with E-state index < -0.39 is 54.0 Å². The molecule has 11 nitrogen and oxygen atoms in total. The van der Waals surface area contributed by atoms with Crippen molar-refractivity contribution in [2.75, 3.05) is 6.54 Å². The molecule has 0 unspecified atom stereocenters. The predicted molar refractivity (Wildman–Crippen MR) is 169 cm³/mol. The fourth-order valence-corrected chi connectivity index (χ4v) is 6.30. The predicted octanol–water partition coefficient (Wildman–Crippen LogP) is 3.03. The summed E-state index contributed by atoms with van der Waals surface area (Å²) in [5.74, 6) is -2.13. The van der Waals surface area contributed by atoms with Crippen LogP contribution < -0.4 is 9.47 Å². The summed E-state index contributed by atoms with van der Waals surface area (Å²) < 4.78 is 17.3. The molecule has 3 aliphatic rings. The summed E-state index contributed by atoms with van der Waals surface area (Å²) in [6.45, 7) is 3.15. The summed E-state index contributed by atoms with van der Waals surface area (Å²) in [6.07, 6.45) is -2.13. The second-order valence-corrected chi connectivity index (χ2v) is 11.9. The molecule has 2 aliphatic heterocycles. The third-order valence-electron chi connectivity index (χ3n) is 8.69. The molecule has 2 heterocycles. The lowest BCUT2D eigenvalue weighted by Gasteiger charge is -2.39. The van der Waals surface area contributed by atoms with E-state index >= 15 is 0 Å². The second kappa shape index (κ2) is 13.2. The first-order chi connectivity index (χ1) is 22.5. The van der Waals surface area contributed by atoms with E-state index in [1.807, 2.05) is 36.4 Å². The highest BCUT2D eigenvalue weighted by molar-refractivity contribution is 6.30. The Bertz CT molecular complexity index is 1800. The van der Waals surface area contributed by atoms with E-state index in [1.165, 1.54) is 32.0 Å². The van der Waals surface area contributed by atoms with Gasteiger partial charge in [0, 0.05) is 47.4 Å². The molecule has 1 saturated heterocycles. The van der Waals surface area contributed by atoms with Gasteiger partial charge in [0.1, 0.15) is 35.6 Å². The number of aliphatic hydroxyl groups is 3. The number of hydrogen-bond donors (Lipinski definition) is 4. The largest absolute Gasteiger partial charge is 0.507 e. The van der Waals surface area contributed by atoms with Crippen LogP contribution >= 0.6 is 0 Å². The molecule has 0 saturated carbocycles. The van der Waals surface area contributed by atoms with Crippen molar-refractivity contribution in [1.29, 1.82) is 0 Å². The SMILES string of the molecule is CC(=O)Oc1ccc2c(c1)C(=O)c1c(CC3=CCN=C3)c(O[C@H]3O[C@@H](C)[C@@H](O)[C@@H](O)[C@H]3O)c(CCCc3ccccc3)c(O)c1C2=O. The minimum absolute atomic E-state index is 0.0140. The number of aliphatic hydroxyl groups excluding tert-OH is 3. The lowest BCUT2D eigenvalue weighted by molar-refractivity contribution is -0.268. The van der Waals surface area contributed by atoms with Gasteiger partial charge in [-0.15, -0.1) is 0 Å². The van der Waals surface area contributed by atoms with Crippen LogP contribution in [0.5, 0.6) is 17.2 Å². The number of benzene rings is 3. The number of ketones is 2. The number of aromatic hydroxyl groups is 1. The van der Waals surface area contributed by atoms with Crippen LogP contribution in [0.4, 0.5) is 0 Å². The molecule has 4 N–H and O–H groups in total. The van der Waals surface area contributed by atoms with E-state index in [0.29, 0.717) is 19.4 Å². The van der Waals surface area contributed by atoms with Crippen LogP contribution in [-0.4, -0.2) is 81.4 Å². The lowest BCUT2D eigenvalue weighted by atomic mass is 9.78. The Labute approximate surface area is 270 Å². The maximum Gasteiger partial charge on any atom is 0.308 e. The second-order valence-electron chi connectivity index (χ2n) is 11.9. The molecule has 6 rings (SSSR count). The number of ether oxygens (including phenoxy) is 3. The maximum atomic E-state index is 14.3. The van der Waals surface area contributed by atoms with E-state index in [2.05, 4.69) is 4.99 Å². The molecule has 0 bridgehead atoms. The minimum Gasteiger partial charge on any atom is -0.507 e. The molecule has 11 heteroatoms. The lowest BCUT2D eigenvalue weighted by Crippen LogP contribution is -2.58. The highest BCUT2D eigenvalue weighted by Crippen LogP contribution is 2.46. The first kappa shape index (κ1) is 32.3. The van der Waals surface area contributed by atoms with Crippen molar-refractivity contribution in [2.24, 2.45) is 4.99 Å².